The summed E-state index contributed by atoms with van der Waals surface area (Å²) in [4.78, 5) is 17.0. The molecule has 2 N–H and O–H groups in total. The van der Waals surface area contributed by atoms with Crippen molar-refractivity contribution in [2.75, 3.05) is 19.6 Å². The third kappa shape index (κ3) is 4.40. The van der Waals surface area contributed by atoms with E-state index in [1.165, 1.54) is 0 Å². The van der Waals surface area contributed by atoms with Gasteiger partial charge in [0.05, 0.1) is 5.76 Å². The number of nitrogens with zero attached hydrogens (tertiary/aromatic N) is 1. The van der Waals surface area contributed by atoms with Crippen LogP contribution in [0.25, 0.3) is 4.91 Å². The highest BCUT2D eigenvalue weighted by atomic mass is 32.2. The summed E-state index contributed by atoms with van der Waals surface area (Å²) in [6.07, 6.45) is 5.40. The lowest BCUT2D eigenvalue weighted by atomic mass is 9.89. The monoisotopic (exact) mass is 475 g/mol. The molecule has 0 radical (unpaired) electrons. The minimum Gasteiger partial charge on any atom is -0.512 e. The lowest BCUT2D eigenvalue weighted by Crippen LogP contribution is -2.53. The largest absolute Gasteiger partial charge is 0.512 e. The molecule has 2 aromatic carbocycles. The number of likely N-dealkylation sites (tertiary alicyclic amines) is 1. The van der Waals surface area contributed by atoms with Crippen molar-refractivity contribution >= 4 is 22.5 Å². The molecule has 0 spiro atoms. The van der Waals surface area contributed by atoms with Gasteiger partial charge in [0.25, 0.3) is 0 Å². The van der Waals surface area contributed by atoms with Gasteiger partial charge in [-0.25, -0.2) is 0 Å². The minimum atomic E-state index is -0.0407. The Morgan fingerprint density at radius 3 is 2.59 bits per heavy atom. The third-order valence-electron chi connectivity index (χ3n) is 6.54. The second-order valence-corrected chi connectivity index (χ2v) is 10.4. The Morgan fingerprint density at radius 2 is 1.88 bits per heavy atom. The first-order valence-corrected chi connectivity index (χ1v) is 12.7. The van der Waals surface area contributed by atoms with Crippen LogP contribution in [-0.4, -0.2) is 51.9 Å². The fourth-order valence-corrected chi connectivity index (χ4v) is 6.16. The van der Waals surface area contributed by atoms with Crippen LogP contribution in [0, 0.1) is 6.92 Å². The molecule has 2 aliphatic heterocycles. The summed E-state index contributed by atoms with van der Waals surface area (Å²) in [5, 5.41) is 20.0. The average Bonchev–Trinajstić information content (AvgIpc) is 3.18. The second-order valence-electron chi connectivity index (χ2n) is 9.15. The molecule has 5 nitrogen and oxygen atoms in total. The maximum absolute atomic E-state index is 13.7. The van der Waals surface area contributed by atoms with Crippen molar-refractivity contribution in [2.45, 2.75) is 38.0 Å². The molecule has 1 aliphatic carbocycles. The molecule has 176 valence electrons. The van der Waals surface area contributed by atoms with Crippen LogP contribution in [0.4, 0.5) is 0 Å². The molecule has 3 aliphatic rings. The SMILES string of the molecule is CCCN1CC(Oc2ccc(C(=O)C3=C(c4ccc(O)c(C)c4)SC4CC(O)=CC=C34)cc2)C1. The molecular formula is C28H29NO4S. The number of allylic oxidation sites excluding steroid dienone is 4. The number of aryl methyl sites for hydroxylation is 1. The predicted octanol–water partition coefficient (Wildman–Crippen LogP) is 5.66. The maximum Gasteiger partial charge on any atom is 0.194 e. The van der Waals surface area contributed by atoms with Gasteiger partial charge in [-0.3, -0.25) is 9.69 Å². The smallest absolute Gasteiger partial charge is 0.194 e. The zero-order valence-corrected chi connectivity index (χ0v) is 20.3. The Bertz CT molecular complexity index is 1210. The van der Waals surface area contributed by atoms with Crippen molar-refractivity contribution in [2.24, 2.45) is 0 Å². The number of fused-ring (bicyclic) bond motifs is 1. The van der Waals surface area contributed by atoms with E-state index in [2.05, 4.69) is 11.8 Å². The molecule has 2 heterocycles. The van der Waals surface area contributed by atoms with Crippen molar-refractivity contribution in [3.8, 4) is 11.5 Å². The highest BCUT2D eigenvalue weighted by Crippen LogP contribution is 2.51. The Morgan fingerprint density at radius 1 is 1.12 bits per heavy atom. The number of ether oxygens (including phenoxy) is 1. The Hall–Kier alpha value is -2.96. The molecule has 0 aromatic heterocycles. The van der Waals surface area contributed by atoms with E-state index in [0.717, 1.165) is 53.4 Å². The number of carbonyl (C=O) groups is 1. The number of Topliss-reactive ketones (excluding diaryl/α,β-unsaturated/α-hetero) is 1. The molecule has 0 saturated carbocycles. The molecule has 5 rings (SSSR count). The predicted molar refractivity (Wildman–Crippen MR) is 136 cm³/mol. The number of hydrogen-bond donors (Lipinski definition) is 2. The van der Waals surface area contributed by atoms with Crippen molar-refractivity contribution in [3.05, 3.63) is 88.2 Å². The van der Waals surface area contributed by atoms with Crippen LogP contribution in [0.3, 0.4) is 0 Å². The number of aromatic hydroxyl groups is 1. The van der Waals surface area contributed by atoms with Gasteiger partial charge in [-0.2, -0.15) is 0 Å². The lowest BCUT2D eigenvalue weighted by Gasteiger charge is -2.38. The number of aliphatic hydroxyl groups excluding tert-OH is 1. The zero-order valence-electron chi connectivity index (χ0n) is 19.5. The summed E-state index contributed by atoms with van der Waals surface area (Å²) >= 11 is 1.60. The number of thioether (sulfide) groups is 1. The summed E-state index contributed by atoms with van der Waals surface area (Å²) in [7, 11) is 0. The van der Waals surface area contributed by atoms with E-state index in [0.29, 0.717) is 23.3 Å². The normalized spacial score (nSPS) is 20.5. The number of ketones is 1. The molecule has 1 saturated heterocycles. The van der Waals surface area contributed by atoms with Gasteiger partial charge in [-0.15, -0.1) is 11.8 Å². The van der Waals surface area contributed by atoms with E-state index in [4.69, 9.17) is 4.74 Å². The molecule has 0 amide bonds. The zero-order chi connectivity index (χ0) is 23.8. The molecule has 1 fully saturated rings. The fourth-order valence-electron chi connectivity index (χ4n) is 4.70. The summed E-state index contributed by atoms with van der Waals surface area (Å²) in [6.45, 7) is 7.03. The van der Waals surface area contributed by atoms with Crippen molar-refractivity contribution in [1.82, 2.24) is 4.90 Å². The molecular weight excluding hydrogens is 446 g/mol. The summed E-state index contributed by atoms with van der Waals surface area (Å²) < 4.78 is 6.06. The van der Waals surface area contributed by atoms with Gasteiger partial charge in [-0.05, 0) is 79.1 Å². The van der Waals surface area contributed by atoms with Crippen molar-refractivity contribution in [3.63, 3.8) is 0 Å². The average molecular weight is 476 g/mol. The summed E-state index contributed by atoms with van der Waals surface area (Å²) in [5.41, 5.74) is 3.89. The summed E-state index contributed by atoms with van der Waals surface area (Å²) in [5.74, 6) is 1.30. The van der Waals surface area contributed by atoms with Gasteiger partial charge in [0.15, 0.2) is 5.78 Å². The van der Waals surface area contributed by atoms with Crippen LogP contribution in [0.1, 0.15) is 41.3 Å². The van der Waals surface area contributed by atoms with E-state index in [9.17, 15) is 15.0 Å². The van der Waals surface area contributed by atoms with Gasteiger partial charge in [0, 0.05) is 40.8 Å². The fraction of sp³-hybridized carbons (Fsp3) is 0.321. The first-order chi connectivity index (χ1) is 16.4. The number of hydrogen-bond acceptors (Lipinski definition) is 6. The highest BCUT2D eigenvalue weighted by molar-refractivity contribution is 8.09. The molecule has 0 bridgehead atoms. The number of benzene rings is 2. The Kier molecular flexibility index (Phi) is 6.28. The molecule has 6 heteroatoms. The van der Waals surface area contributed by atoms with Crippen LogP contribution >= 0.6 is 11.8 Å². The molecule has 1 unspecified atom stereocenters. The number of aliphatic hydroxyl groups is 1. The van der Waals surface area contributed by atoms with Gasteiger partial charge >= 0.3 is 0 Å². The minimum absolute atomic E-state index is 0.000323. The molecule has 1 atom stereocenters. The first kappa shape index (κ1) is 22.8. The van der Waals surface area contributed by atoms with Gasteiger partial charge in [0.2, 0.25) is 0 Å². The van der Waals surface area contributed by atoms with Crippen molar-refractivity contribution in [1.29, 1.82) is 0 Å². The number of phenolic OH excluding ortho intramolecular Hbond substituents is 1. The quantitative estimate of drug-likeness (QED) is 0.504. The van der Waals surface area contributed by atoms with Crippen LogP contribution in [0.15, 0.2) is 71.5 Å². The van der Waals surface area contributed by atoms with E-state index in [1.54, 1.807) is 23.9 Å². The Balaban J connectivity index is 1.42. The molecule has 34 heavy (non-hydrogen) atoms. The Labute approximate surface area is 204 Å². The lowest BCUT2D eigenvalue weighted by molar-refractivity contribution is 0.0202. The van der Waals surface area contributed by atoms with E-state index in [1.807, 2.05) is 49.4 Å². The maximum atomic E-state index is 13.7. The van der Waals surface area contributed by atoms with Gasteiger partial charge < -0.3 is 14.9 Å². The van der Waals surface area contributed by atoms with E-state index in [-0.39, 0.29) is 22.9 Å². The third-order valence-corrected chi connectivity index (χ3v) is 7.92. The van der Waals surface area contributed by atoms with E-state index < -0.39 is 0 Å². The van der Waals surface area contributed by atoms with Crippen molar-refractivity contribution < 1.29 is 19.7 Å². The topological polar surface area (TPSA) is 70.0 Å². The van der Waals surface area contributed by atoms with Gasteiger partial charge in [0.1, 0.15) is 17.6 Å². The van der Waals surface area contributed by atoms with Crippen LogP contribution in [0.2, 0.25) is 0 Å². The van der Waals surface area contributed by atoms with Crippen LogP contribution < -0.4 is 4.74 Å². The highest BCUT2D eigenvalue weighted by Gasteiger charge is 2.37. The first-order valence-electron chi connectivity index (χ1n) is 11.8. The van der Waals surface area contributed by atoms with Gasteiger partial charge in [-0.1, -0.05) is 19.1 Å². The standard InChI is InChI=1S/C28H29NO4S/c1-3-12-29-15-22(16-29)33-21-8-4-18(5-9-21)27(32)26-23-10-7-20(30)14-25(23)34-28(26)19-6-11-24(31)17(2)13-19/h4-11,13,22,25,30-31H,3,12,14-16H2,1-2H3. The van der Waals surface area contributed by atoms with Crippen LogP contribution in [-0.2, 0) is 0 Å². The van der Waals surface area contributed by atoms with E-state index >= 15 is 0 Å². The number of phenols is 1. The second kappa shape index (κ2) is 9.35. The summed E-state index contributed by atoms with van der Waals surface area (Å²) in [6, 6.07) is 12.8. The number of carbonyl (C=O) groups excluding carboxylic acids is 1. The molecule has 2 aromatic rings. The van der Waals surface area contributed by atoms with Crippen LogP contribution in [0.5, 0.6) is 11.5 Å². The number of rotatable bonds is 7.